The zero-order valence-corrected chi connectivity index (χ0v) is 7.28. The van der Waals surface area contributed by atoms with E-state index in [1.807, 2.05) is 6.07 Å². The minimum absolute atomic E-state index is 0.570. The van der Waals surface area contributed by atoms with Gasteiger partial charge >= 0.3 is 0 Å². The number of benzene rings is 1. The molecule has 0 saturated heterocycles. The molecule has 1 atom stereocenters. The van der Waals surface area contributed by atoms with E-state index in [-0.39, 0.29) is 0 Å². The monoisotopic (exact) mass is 177 g/mol. The van der Waals surface area contributed by atoms with Crippen LogP contribution in [0, 0.1) is 0 Å². The van der Waals surface area contributed by atoms with Gasteiger partial charge in [0.25, 0.3) is 0 Å². The molecule has 0 aliphatic carbocycles. The first-order valence-electron chi connectivity index (χ1n) is 4.10. The molecule has 68 valence electrons. The van der Waals surface area contributed by atoms with Gasteiger partial charge in [-0.3, -0.25) is 0 Å². The Hall–Kier alpha value is -1.55. The zero-order valence-electron chi connectivity index (χ0n) is 7.28. The maximum atomic E-state index is 9.27. The standard InChI is InChI=1S/C9H11N3O/c1-5(13)9-11-7-3-2-6(10)4-8(7)12-9/h2-5,13H,10H2,1H3,(H,11,12). The van der Waals surface area contributed by atoms with Gasteiger partial charge in [0.15, 0.2) is 0 Å². The van der Waals surface area contributed by atoms with E-state index in [4.69, 9.17) is 5.73 Å². The summed E-state index contributed by atoms with van der Waals surface area (Å²) in [5, 5.41) is 9.27. The van der Waals surface area contributed by atoms with Crippen molar-refractivity contribution in [2.24, 2.45) is 0 Å². The van der Waals surface area contributed by atoms with Crippen molar-refractivity contribution in [3.05, 3.63) is 24.0 Å². The lowest BCUT2D eigenvalue weighted by atomic mass is 10.3. The predicted octanol–water partition coefficient (Wildman–Crippen LogP) is 1.20. The van der Waals surface area contributed by atoms with Gasteiger partial charge in [0.1, 0.15) is 11.9 Å². The summed E-state index contributed by atoms with van der Waals surface area (Å²) in [5.41, 5.74) is 7.97. The number of aliphatic hydroxyl groups excluding tert-OH is 1. The normalized spacial score (nSPS) is 13.4. The largest absolute Gasteiger partial charge is 0.399 e. The van der Waals surface area contributed by atoms with Crippen LogP contribution in [0.15, 0.2) is 18.2 Å². The molecule has 2 aromatic rings. The molecule has 4 nitrogen and oxygen atoms in total. The molecule has 2 rings (SSSR count). The van der Waals surface area contributed by atoms with E-state index in [1.165, 1.54) is 0 Å². The van der Waals surface area contributed by atoms with Crippen molar-refractivity contribution in [1.82, 2.24) is 9.97 Å². The van der Waals surface area contributed by atoms with Gasteiger partial charge in [-0.05, 0) is 25.1 Å². The maximum absolute atomic E-state index is 9.27. The molecule has 4 heteroatoms. The minimum Gasteiger partial charge on any atom is -0.399 e. The molecule has 1 unspecified atom stereocenters. The Kier molecular flexibility index (Phi) is 1.70. The van der Waals surface area contributed by atoms with Crippen LogP contribution in [0.5, 0.6) is 0 Å². The van der Waals surface area contributed by atoms with Gasteiger partial charge in [0, 0.05) is 5.69 Å². The molecule has 1 aromatic carbocycles. The van der Waals surface area contributed by atoms with Crippen LogP contribution in [0.4, 0.5) is 5.69 Å². The second kappa shape index (κ2) is 2.74. The van der Waals surface area contributed by atoms with Crippen LogP contribution in [0.1, 0.15) is 18.9 Å². The van der Waals surface area contributed by atoms with Crippen molar-refractivity contribution in [3.8, 4) is 0 Å². The first kappa shape index (κ1) is 8.07. The van der Waals surface area contributed by atoms with E-state index in [2.05, 4.69) is 9.97 Å². The number of nitrogens with zero attached hydrogens (tertiary/aromatic N) is 1. The number of fused-ring (bicyclic) bond motifs is 1. The summed E-state index contributed by atoms with van der Waals surface area (Å²) in [6.45, 7) is 1.67. The summed E-state index contributed by atoms with van der Waals surface area (Å²) < 4.78 is 0. The quantitative estimate of drug-likeness (QED) is 0.573. The van der Waals surface area contributed by atoms with Crippen molar-refractivity contribution >= 4 is 16.7 Å². The second-order valence-corrected chi connectivity index (χ2v) is 3.07. The highest BCUT2D eigenvalue weighted by Crippen LogP contribution is 2.17. The maximum Gasteiger partial charge on any atom is 0.135 e. The SMILES string of the molecule is CC(O)c1nc2ccc(N)cc2[nH]1. The molecule has 0 aliphatic rings. The molecule has 0 radical (unpaired) electrons. The molecular weight excluding hydrogens is 166 g/mol. The third-order valence-corrected chi connectivity index (χ3v) is 1.92. The number of H-pyrrole nitrogens is 1. The Labute approximate surface area is 75.4 Å². The molecule has 4 N–H and O–H groups in total. The third-order valence-electron chi connectivity index (χ3n) is 1.92. The highest BCUT2D eigenvalue weighted by molar-refractivity contribution is 5.78. The number of aliphatic hydroxyl groups is 1. The van der Waals surface area contributed by atoms with E-state index >= 15 is 0 Å². The summed E-state index contributed by atoms with van der Waals surface area (Å²) in [5.74, 6) is 0.570. The lowest BCUT2D eigenvalue weighted by Gasteiger charge is -1.95. The van der Waals surface area contributed by atoms with Crippen molar-refractivity contribution < 1.29 is 5.11 Å². The highest BCUT2D eigenvalue weighted by Gasteiger charge is 2.06. The fourth-order valence-electron chi connectivity index (χ4n) is 1.24. The van der Waals surface area contributed by atoms with E-state index in [1.54, 1.807) is 19.1 Å². The van der Waals surface area contributed by atoms with Crippen LogP contribution in [-0.2, 0) is 0 Å². The number of nitrogen functional groups attached to an aromatic ring is 1. The highest BCUT2D eigenvalue weighted by atomic mass is 16.3. The van der Waals surface area contributed by atoms with Crippen molar-refractivity contribution in [2.75, 3.05) is 5.73 Å². The number of nitrogens with two attached hydrogens (primary N) is 1. The van der Waals surface area contributed by atoms with Gasteiger partial charge in [-0.1, -0.05) is 0 Å². The predicted molar refractivity (Wildman–Crippen MR) is 51.1 cm³/mol. The zero-order chi connectivity index (χ0) is 9.42. The Balaban J connectivity index is 2.62. The molecule has 0 spiro atoms. The first-order valence-corrected chi connectivity index (χ1v) is 4.10. The second-order valence-electron chi connectivity index (χ2n) is 3.07. The molecule has 0 saturated carbocycles. The average Bonchev–Trinajstić information content (AvgIpc) is 2.46. The van der Waals surface area contributed by atoms with Crippen molar-refractivity contribution in [3.63, 3.8) is 0 Å². The van der Waals surface area contributed by atoms with Gasteiger partial charge in [-0.15, -0.1) is 0 Å². The Bertz CT molecular complexity index is 433. The topological polar surface area (TPSA) is 74.9 Å². The van der Waals surface area contributed by atoms with Gasteiger partial charge in [0.2, 0.25) is 0 Å². The number of nitrogens with one attached hydrogen (secondary N) is 1. The minimum atomic E-state index is -0.575. The molecule has 13 heavy (non-hydrogen) atoms. The number of anilines is 1. The van der Waals surface area contributed by atoms with Gasteiger partial charge in [-0.25, -0.2) is 4.98 Å². The van der Waals surface area contributed by atoms with E-state index in [0.717, 1.165) is 11.0 Å². The van der Waals surface area contributed by atoms with Crippen LogP contribution < -0.4 is 5.73 Å². The fourth-order valence-corrected chi connectivity index (χ4v) is 1.24. The van der Waals surface area contributed by atoms with E-state index in [0.29, 0.717) is 11.5 Å². The van der Waals surface area contributed by atoms with Crippen LogP contribution in [-0.4, -0.2) is 15.1 Å². The number of hydrogen-bond acceptors (Lipinski definition) is 3. The number of aromatic nitrogens is 2. The van der Waals surface area contributed by atoms with Gasteiger partial charge in [0.05, 0.1) is 11.0 Å². The summed E-state index contributed by atoms with van der Waals surface area (Å²) in [6.07, 6.45) is -0.575. The lowest BCUT2D eigenvalue weighted by Crippen LogP contribution is -1.92. The van der Waals surface area contributed by atoms with Crippen LogP contribution >= 0.6 is 0 Å². The lowest BCUT2D eigenvalue weighted by molar-refractivity contribution is 0.190. The average molecular weight is 177 g/mol. The Morgan fingerprint density at radius 2 is 2.31 bits per heavy atom. The molecule has 0 aliphatic heterocycles. The fraction of sp³-hybridized carbons (Fsp3) is 0.222. The van der Waals surface area contributed by atoms with Crippen LogP contribution in [0.25, 0.3) is 11.0 Å². The van der Waals surface area contributed by atoms with Gasteiger partial charge < -0.3 is 15.8 Å². The number of imidazole rings is 1. The molecule has 0 fully saturated rings. The van der Waals surface area contributed by atoms with Crippen LogP contribution in [0.2, 0.25) is 0 Å². The number of rotatable bonds is 1. The van der Waals surface area contributed by atoms with Crippen LogP contribution in [0.3, 0.4) is 0 Å². The summed E-state index contributed by atoms with van der Waals surface area (Å²) in [4.78, 5) is 7.19. The van der Waals surface area contributed by atoms with Gasteiger partial charge in [-0.2, -0.15) is 0 Å². The molecule has 0 amide bonds. The molecule has 1 aromatic heterocycles. The Morgan fingerprint density at radius 3 is 3.00 bits per heavy atom. The molecular formula is C9H11N3O. The Morgan fingerprint density at radius 1 is 1.54 bits per heavy atom. The van der Waals surface area contributed by atoms with Crippen molar-refractivity contribution in [1.29, 1.82) is 0 Å². The summed E-state index contributed by atoms with van der Waals surface area (Å²) in [6, 6.07) is 5.41. The number of aromatic amines is 1. The summed E-state index contributed by atoms with van der Waals surface area (Å²) in [7, 11) is 0. The van der Waals surface area contributed by atoms with Crippen molar-refractivity contribution in [2.45, 2.75) is 13.0 Å². The molecule has 0 bridgehead atoms. The smallest absolute Gasteiger partial charge is 0.135 e. The van der Waals surface area contributed by atoms with E-state index < -0.39 is 6.10 Å². The number of hydrogen-bond donors (Lipinski definition) is 3. The van der Waals surface area contributed by atoms with E-state index in [9.17, 15) is 5.11 Å². The third kappa shape index (κ3) is 1.36. The first-order chi connectivity index (χ1) is 6.16. The summed E-state index contributed by atoms with van der Waals surface area (Å²) >= 11 is 0. The molecule has 1 heterocycles.